The minimum absolute atomic E-state index is 0.150. The molecule has 3 aromatic carbocycles. The second-order valence-corrected chi connectivity index (χ2v) is 6.11. The molecule has 4 rings (SSSR count). The molecule has 0 saturated carbocycles. The van der Waals surface area contributed by atoms with Crippen molar-refractivity contribution in [1.29, 1.82) is 0 Å². The highest BCUT2D eigenvalue weighted by Gasteiger charge is 2.43. The first-order valence-corrected chi connectivity index (χ1v) is 8.22. The van der Waals surface area contributed by atoms with E-state index >= 15 is 0 Å². The van der Waals surface area contributed by atoms with Gasteiger partial charge in [0.05, 0.1) is 6.10 Å². The lowest BCUT2D eigenvalue weighted by atomic mass is 9.84. The van der Waals surface area contributed by atoms with Crippen molar-refractivity contribution in [2.45, 2.75) is 24.5 Å². The van der Waals surface area contributed by atoms with Crippen LogP contribution in [-0.4, -0.2) is 0 Å². The molecule has 23 heavy (non-hydrogen) atoms. The fourth-order valence-electron chi connectivity index (χ4n) is 3.60. The second kappa shape index (κ2) is 6.02. The summed E-state index contributed by atoms with van der Waals surface area (Å²) in [5.41, 5.74) is 3.40. The number of ether oxygens (including phenoxy) is 1. The van der Waals surface area contributed by atoms with Gasteiger partial charge in [-0.2, -0.15) is 0 Å². The van der Waals surface area contributed by atoms with Crippen LogP contribution in [0.4, 0.5) is 0 Å². The van der Waals surface area contributed by atoms with Gasteiger partial charge in [0.1, 0.15) is 5.60 Å². The average Bonchev–Trinajstić information content (AvgIpc) is 3.11. The van der Waals surface area contributed by atoms with E-state index < -0.39 is 0 Å². The Balaban J connectivity index is 1.77. The van der Waals surface area contributed by atoms with Crippen LogP contribution < -0.4 is 0 Å². The van der Waals surface area contributed by atoms with E-state index in [4.69, 9.17) is 4.74 Å². The standard InChI is InChI=1S/C22H20O/c1-4-10-18(11-5-1)21-16-17-22(23-21,19-12-6-2-7-13-19)20-14-8-3-9-15-20/h1-15,21H,16-17H2. The maximum absolute atomic E-state index is 6.71. The Kier molecular flexibility index (Phi) is 3.72. The van der Waals surface area contributed by atoms with Crippen LogP contribution in [0, 0.1) is 0 Å². The normalized spacial score (nSPS) is 19.6. The van der Waals surface area contributed by atoms with Crippen LogP contribution in [0.25, 0.3) is 0 Å². The largest absolute Gasteiger partial charge is 0.358 e. The SMILES string of the molecule is c1ccc(C2CCC(c3ccccc3)(c3ccccc3)O2)cc1. The average molecular weight is 300 g/mol. The first-order chi connectivity index (χ1) is 11.4. The van der Waals surface area contributed by atoms with Gasteiger partial charge in [-0.25, -0.2) is 0 Å². The minimum atomic E-state index is -0.344. The zero-order chi connectivity index (χ0) is 15.5. The summed E-state index contributed by atoms with van der Waals surface area (Å²) in [4.78, 5) is 0. The molecule has 1 aliphatic rings. The van der Waals surface area contributed by atoms with Crippen molar-refractivity contribution in [3.63, 3.8) is 0 Å². The molecule has 1 nitrogen and oxygen atoms in total. The molecule has 1 saturated heterocycles. The van der Waals surface area contributed by atoms with Crippen LogP contribution in [-0.2, 0) is 10.3 Å². The predicted octanol–water partition coefficient (Wildman–Crippen LogP) is 5.48. The fraction of sp³-hybridized carbons (Fsp3) is 0.182. The highest BCUT2D eigenvalue weighted by molar-refractivity contribution is 5.38. The lowest BCUT2D eigenvalue weighted by molar-refractivity contribution is -0.0177. The number of hydrogen-bond donors (Lipinski definition) is 0. The molecule has 1 fully saturated rings. The van der Waals surface area contributed by atoms with Crippen LogP contribution in [0.5, 0.6) is 0 Å². The quantitative estimate of drug-likeness (QED) is 0.622. The summed E-state index contributed by atoms with van der Waals surface area (Å²) >= 11 is 0. The van der Waals surface area contributed by atoms with Gasteiger partial charge in [-0.15, -0.1) is 0 Å². The zero-order valence-electron chi connectivity index (χ0n) is 13.1. The van der Waals surface area contributed by atoms with Gasteiger partial charge in [-0.3, -0.25) is 0 Å². The van der Waals surface area contributed by atoms with Crippen LogP contribution in [0.2, 0.25) is 0 Å². The molecular weight excluding hydrogens is 280 g/mol. The predicted molar refractivity (Wildman–Crippen MR) is 93.2 cm³/mol. The summed E-state index contributed by atoms with van der Waals surface area (Å²) in [6.45, 7) is 0. The lowest BCUT2D eigenvalue weighted by Gasteiger charge is -2.31. The van der Waals surface area contributed by atoms with E-state index in [1.165, 1.54) is 16.7 Å². The highest BCUT2D eigenvalue weighted by atomic mass is 16.5. The summed E-state index contributed by atoms with van der Waals surface area (Å²) < 4.78 is 6.71. The van der Waals surface area contributed by atoms with Crippen LogP contribution in [0.3, 0.4) is 0 Å². The third kappa shape index (κ3) is 2.58. The monoisotopic (exact) mass is 300 g/mol. The van der Waals surface area contributed by atoms with Crippen molar-refractivity contribution in [2.75, 3.05) is 0 Å². The van der Waals surface area contributed by atoms with Gasteiger partial charge in [0.15, 0.2) is 0 Å². The van der Waals surface area contributed by atoms with Crippen molar-refractivity contribution in [3.8, 4) is 0 Å². The first kappa shape index (κ1) is 14.2. The molecule has 0 aliphatic carbocycles. The topological polar surface area (TPSA) is 9.23 Å². The zero-order valence-corrected chi connectivity index (χ0v) is 13.1. The number of benzene rings is 3. The van der Waals surface area contributed by atoms with Gasteiger partial charge in [0, 0.05) is 0 Å². The third-order valence-corrected chi connectivity index (χ3v) is 4.75. The molecule has 0 radical (unpaired) electrons. The smallest absolute Gasteiger partial charge is 0.119 e. The first-order valence-electron chi connectivity index (χ1n) is 8.22. The van der Waals surface area contributed by atoms with E-state index in [0.717, 1.165) is 12.8 Å². The molecule has 0 N–H and O–H groups in total. The van der Waals surface area contributed by atoms with Crippen LogP contribution >= 0.6 is 0 Å². The van der Waals surface area contributed by atoms with Gasteiger partial charge in [0.25, 0.3) is 0 Å². The number of hydrogen-bond acceptors (Lipinski definition) is 1. The van der Waals surface area contributed by atoms with Crippen LogP contribution in [0.1, 0.15) is 35.6 Å². The Bertz CT molecular complexity index is 710. The molecule has 1 unspecified atom stereocenters. The molecule has 1 heteroatoms. The summed E-state index contributed by atoms with van der Waals surface area (Å²) in [6, 6.07) is 31.8. The van der Waals surface area contributed by atoms with Gasteiger partial charge < -0.3 is 4.74 Å². The molecule has 0 spiro atoms. The summed E-state index contributed by atoms with van der Waals surface area (Å²) in [7, 11) is 0. The molecule has 3 aromatic rings. The summed E-state index contributed by atoms with van der Waals surface area (Å²) in [5, 5.41) is 0. The van der Waals surface area contributed by atoms with Gasteiger partial charge in [-0.05, 0) is 29.5 Å². The van der Waals surface area contributed by atoms with Crippen LogP contribution in [0.15, 0.2) is 91.0 Å². The molecule has 0 bridgehead atoms. The van der Waals surface area contributed by atoms with Crippen molar-refractivity contribution < 1.29 is 4.74 Å². The van der Waals surface area contributed by atoms with E-state index in [1.54, 1.807) is 0 Å². The Labute approximate surface area is 137 Å². The van der Waals surface area contributed by atoms with E-state index in [-0.39, 0.29) is 11.7 Å². The maximum atomic E-state index is 6.71. The number of rotatable bonds is 3. The Morgan fingerprint density at radius 2 is 1.13 bits per heavy atom. The van der Waals surface area contributed by atoms with E-state index in [2.05, 4.69) is 91.0 Å². The molecular formula is C22H20O. The van der Waals surface area contributed by atoms with Crippen molar-refractivity contribution in [2.24, 2.45) is 0 Å². The minimum Gasteiger partial charge on any atom is -0.358 e. The summed E-state index contributed by atoms with van der Waals surface area (Å²) in [6.07, 6.45) is 2.19. The highest BCUT2D eigenvalue weighted by Crippen LogP contribution is 2.49. The lowest BCUT2D eigenvalue weighted by Crippen LogP contribution is -2.26. The van der Waals surface area contributed by atoms with Gasteiger partial charge in [-0.1, -0.05) is 91.0 Å². The Morgan fingerprint density at radius 3 is 1.65 bits per heavy atom. The van der Waals surface area contributed by atoms with Crippen molar-refractivity contribution >= 4 is 0 Å². The summed E-state index contributed by atoms with van der Waals surface area (Å²) in [5.74, 6) is 0. The van der Waals surface area contributed by atoms with E-state index in [9.17, 15) is 0 Å². The van der Waals surface area contributed by atoms with Gasteiger partial charge in [0.2, 0.25) is 0 Å². The van der Waals surface area contributed by atoms with Crippen molar-refractivity contribution in [3.05, 3.63) is 108 Å². The molecule has 114 valence electrons. The third-order valence-electron chi connectivity index (χ3n) is 4.75. The molecule has 0 amide bonds. The Morgan fingerprint density at radius 1 is 0.652 bits per heavy atom. The molecule has 1 heterocycles. The fourth-order valence-corrected chi connectivity index (χ4v) is 3.60. The Hall–Kier alpha value is -2.38. The van der Waals surface area contributed by atoms with E-state index in [0.29, 0.717) is 0 Å². The molecule has 1 aliphatic heterocycles. The van der Waals surface area contributed by atoms with Gasteiger partial charge >= 0.3 is 0 Å². The maximum Gasteiger partial charge on any atom is 0.119 e. The van der Waals surface area contributed by atoms with E-state index in [1.807, 2.05) is 0 Å². The van der Waals surface area contributed by atoms with Crippen molar-refractivity contribution in [1.82, 2.24) is 0 Å². The second-order valence-electron chi connectivity index (χ2n) is 6.11. The molecule has 0 aromatic heterocycles. The molecule has 1 atom stereocenters.